The van der Waals surface area contributed by atoms with Crippen molar-refractivity contribution in [3.05, 3.63) is 34.9 Å². The number of amides is 1. The second kappa shape index (κ2) is 6.26. The molecule has 1 aliphatic heterocycles. The van der Waals surface area contributed by atoms with E-state index in [2.05, 4.69) is 31.3 Å². The summed E-state index contributed by atoms with van der Waals surface area (Å²) in [4.78, 5) is 24.5. The molecule has 0 bridgehead atoms. The van der Waals surface area contributed by atoms with Crippen LogP contribution in [0.5, 0.6) is 0 Å². The van der Waals surface area contributed by atoms with Crippen molar-refractivity contribution in [1.29, 1.82) is 0 Å². The number of rotatable bonds is 4. The SMILES string of the molecule is CC(C)c1ccc2c(c1)CNCC2C(=O)N(C)CC(=O)O. The van der Waals surface area contributed by atoms with E-state index in [1.807, 2.05) is 6.07 Å². The Balaban J connectivity index is 2.25. The van der Waals surface area contributed by atoms with E-state index in [4.69, 9.17) is 5.11 Å². The van der Waals surface area contributed by atoms with Gasteiger partial charge in [-0.1, -0.05) is 32.0 Å². The minimum atomic E-state index is -0.995. The van der Waals surface area contributed by atoms with Gasteiger partial charge in [0.25, 0.3) is 0 Å². The maximum Gasteiger partial charge on any atom is 0.323 e. The van der Waals surface area contributed by atoms with E-state index < -0.39 is 5.97 Å². The average Bonchev–Trinajstić information content (AvgIpc) is 2.44. The predicted octanol–water partition coefficient (Wildman–Crippen LogP) is 1.54. The Hall–Kier alpha value is -1.88. The van der Waals surface area contributed by atoms with E-state index in [9.17, 15) is 9.59 Å². The van der Waals surface area contributed by atoms with Gasteiger partial charge in [0.05, 0.1) is 5.92 Å². The van der Waals surface area contributed by atoms with Crippen molar-refractivity contribution < 1.29 is 14.7 Å². The Kier molecular flexibility index (Phi) is 4.63. The van der Waals surface area contributed by atoms with Crippen molar-refractivity contribution in [2.75, 3.05) is 20.1 Å². The number of carboxylic acids is 1. The number of fused-ring (bicyclic) bond motifs is 1. The summed E-state index contributed by atoms with van der Waals surface area (Å²) < 4.78 is 0. The van der Waals surface area contributed by atoms with E-state index in [0.29, 0.717) is 12.5 Å². The van der Waals surface area contributed by atoms with Gasteiger partial charge in [-0.05, 0) is 22.6 Å². The van der Waals surface area contributed by atoms with Gasteiger partial charge in [0.15, 0.2) is 0 Å². The minimum Gasteiger partial charge on any atom is -0.480 e. The lowest BCUT2D eigenvalue weighted by Gasteiger charge is -2.29. The number of aliphatic carboxylic acids is 1. The third-order valence-electron chi connectivity index (χ3n) is 3.92. The highest BCUT2D eigenvalue weighted by Crippen LogP contribution is 2.28. The molecule has 1 aromatic carbocycles. The van der Waals surface area contributed by atoms with Gasteiger partial charge >= 0.3 is 5.97 Å². The molecule has 0 aromatic heterocycles. The number of hydrogen-bond acceptors (Lipinski definition) is 3. The van der Waals surface area contributed by atoms with Crippen LogP contribution in [0.3, 0.4) is 0 Å². The van der Waals surface area contributed by atoms with Gasteiger partial charge in [-0.15, -0.1) is 0 Å². The molecule has 5 heteroatoms. The lowest BCUT2D eigenvalue weighted by molar-refractivity contribution is -0.144. The molecule has 1 amide bonds. The highest BCUT2D eigenvalue weighted by atomic mass is 16.4. The molecular weight excluding hydrogens is 268 g/mol. The van der Waals surface area contributed by atoms with Gasteiger partial charge in [0.1, 0.15) is 6.54 Å². The van der Waals surface area contributed by atoms with Gasteiger partial charge < -0.3 is 15.3 Å². The number of carbonyl (C=O) groups excluding carboxylic acids is 1. The van der Waals surface area contributed by atoms with Gasteiger partial charge in [0, 0.05) is 20.1 Å². The van der Waals surface area contributed by atoms with Crippen LogP contribution in [0.25, 0.3) is 0 Å². The molecule has 5 nitrogen and oxygen atoms in total. The second-order valence-electron chi connectivity index (χ2n) is 5.88. The first-order valence-electron chi connectivity index (χ1n) is 7.20. The van der Waals surface area contributed by atoms with Crippen molar-refractivity contribution in [2.45, 2.75) is 32.2 Å². The predicted molar refractivity (Wildman–Crippen MR) is 80.3 cm³/mol. The summed E-state index contributed by atoms with van der Waals surface area (Å²) in [5, 5.41) is 12.1. The zero-order chi connectivity index (χ0) is 15.6. The third-order valence-corrected chi connectivity index (χ3v) is 3.92. The number of carboxylic acid groups (broad SMARTS) is 1. The summed E-state index contributed by atoms with van der Waals surface area (Å²) in [5.41, 5.74) is 3.40. The maximum atomic E-state index is 12.4. The highest BCUT2D eigenvalue weighted by Gasteiger charge is 2.29. The lowest BCUT2D eigenvalue weighted by Crippen LogP contribution is -2.41. The quantitative estimate of drug-likeness (QED) is 0.882. The summed E-state index contributed by atoms with van der Waals surface area (Å²) in [6, 6.07) is 6.22. The Labute approximate surface area is 125 Å². The molecule has 0 radical (unpaired) electrons. The lowest BCUT2D eigenvalue weighted by atomic mass is 9.87. The molecule has 21 heavy (non-hydrogen) atoms. The Morgan fingerprint density at radius 2 is 2.14 bits per heavy atom. The molecule has 2 rings (SSSR count). The maximum absolute atomic E-state index is 12.4. The van der Waals surface area contributed by atoms with Crippen LogP contribution in [0.1, 0.15) is 42.4 Å². The molecule has 0 saturated heterocycles. The topological polar surface area (TPSA) is 69.6 Å². The third kappa shape index (κ3) is 3.42. The van der Waals surface area contributed by atoms with Crippen LogP contribution >= 0.6 is 0 Å². The number of nitrogens with zero attached hydrogens (tertiary/aromatic N) is 1. The zero-order valence-corrected chi connectivity index (χ0v) is 12.7. The Morgan fingerprint density at radius 3 is 2.76 bits per heavy atom. The van der Waals surface area contributed by atoms with Crippen molar-refractivity contribution in [2.24, 2.45) is 0 Å². The van der Waals surface area contributed by atoms with Crippen LogP contribution in [-0.4, -0.2) is 42.0 Å². The fourth-order valence-electron chi connectivity index (χ4n) is 2.71. The van der Waals surface area contributed by atoms with E-state index in [1.54, 1.807) is 0 Å². The Morgan fingerprint density at radius 1 is 1.43 bits per heavy atom. The zero-order valence-electron chi connectivity index (χ0n) is 12.7. The summed E-state index contributed by atoms with van der Waals surface area (Å²) >= 11 is 0. The number of carbonyl (C=O) groups is 2. The van der Waals surface area contributed by atoms with Crippen LogP contribution in [0.2, 0.25) is 0 Å². The van der Waals surface area contributed by atoms with Gasteiger partial charge in [-0.3, -0.25) is 9.59 Å². The summed E-state index contributed by atoms with van der Waals surface area (Å²) in [6.45, 7) is 5.32. The number of nitrogens with one attached hydrogen (secondary N) is 1. The molecule has 2 N–H and O–H groups in total. The van der Waals surface area contributed by atoms with E-state index in [1.165, 1.54) is 17.5 Å². The summed E-state index contributed by atoms with van der Waals surface area (Å²) in [6.07, 6.45) is 0. The number of hydrogen-bond donors (Lipinski definition) is 2. The molecular formula is C16H22N2O3. The van der Waals surface area contributed by atoms with Crippen LogP contribution in [0.4, 0.5) is 0 Å². The van der Waals surface area contributed by atoms with Gasteiger partial charge in [0.2, 0.25) is 5.91 Å². The fourth-order valence-corrected chi connectivity index (χ4v) is 2.71. The molecule has 0 spiro atoms. The molecule has 0 fully saturated rings. The van der Waals surface area contributed by atoms with Crippen LogP contribution in [-0.2, 0) is 16.1 Å². The van der Waals surface area contributed by atoms with Crippen molar-refractivity contribution in [3.8, 4) is 0 Å². The molecule has 0 aliphatic carbocycles. The molecule has 114 valence electrons. The summed E-state index contributed by atoms with van der Waals surface area (Å²) in [7, 11) is 1.53. The van der Waals surface area contributed by atoms with Crippen LogP contribution in [0, 0.1) is 0 Å². The van der Waals surface area contributed by atoms with Crippen LogP contribution in [0.15, 0.2) is 18.2 Å². The molecule has 1 aromatic rings. The molecule has 1 atom stereocenters. The normalized spacial score (nSPS) is 17.4. The smallest absolute Gasteiger partial charge is 0.323 e. The molecule has 1 unspecified atom stereocenters. The monoisotopic (exact) mass is 290 g/mol. The van der Waals surface area contributed by atoms with Gasteiger partial charge in [-0.25, -0.2) is 0 Å². The number of likely N-dealkylation sites (N-methyl/N-ethyl adjacent to an activating group) is 1. The first-order chi connectivity index (χ1) is 9.90. The van der Waals surface area contributed by atoms with Gasteiger partial charge in [-0.2, -0.15) is 0 Å². The average molecular weight is 290 g/mol. The number of benzene rings is 1. The van der Waals surface area contributed by atoms with E-state index >= 15 is 0 Å². The van der Waals surface area contributed by atoms with Crippen molar-refractivity contribution in [1.82, 2.24) is 10.2 Å². The first-order valence-corrected chi connectivity index (χ1v) is 7.20. The van der Waals surface area contributed by atoms with E-state index in [0.717, 1.165) is 17.7 Å². The van der Waals surface area contributed by atoms with Crippen LogP contribution < -0.4 is 5.32 Å². The molecule has 1 aliphatic rings. The summed E-state index contributed by atoms with van der Waals surface area (Å²) in [5.74, 6) is -1.01. The molecule has 0 saturated carbocycles. The minimum absolute atomic E-state index is 0.150. The van der Waals surface area contributed by atoms with E-state index in [-0.39, 0.29) is 18.4 Å². The molecule has 1 heterocycles. The first kappa shape index (κ1) is 15.5. The van der Waals surface area contributed by atoms with Crippen molar-refractivity contribution >= 4 is 11.9 Å². The van der Waals surface area contributed by atoms with Crippen molar-refractivity contribution in [3.63, 3.8) is 0 Å². The fraction of sp³-hybridized carbons (Fsp3) is 0.500. The largest absolute Gasteiger partial charge is 0.480 e. The standard InChI is InChI=1S/C16H22N2O3/c1-10(2)11-4-5-13-12(6-11)7-17-8-14(13)16(21)18(3)9-15(19)20/h4-6,10,14,17H,7-9H2,1-3H3,(H,19,20). The second-order valence-corrected chi connectivity index (χ2v) is 5.88. The Bertz CT molecular complexity index is 554. The highest BCUT2D eigenvalue weighted by molar-refractivity contribution is 5.87.